The molecular weight excluding hydrogens is 484 g/mol. The number of benzene rings is 1. The van der Waals surface area contributed by atoms with Gasteiger partial charge in [0.25, 0.3) is 0 Å². The number of allylic oxidation sites excluding steroid dienone is 1. The van der Waals surface area contributed by atoms with Crippen molar-refractivity contribution in [3.05, 3.63) is 66.0 Å². The number of likely N-dealkylation sites (tertiary alicyclic amines) is 1. The van der Waals surface area contributed by atoms with Gasteiger partial charge in [0.05, 0.1) is 11.7 Å². The predicted octanol–water partition coefficient (Wildman–Crippen LogP) is 5.10. The Kier molecular flexibility index (Phi) is 9.94. The molecule has 2 heterocycles. The fraction of sp³-hybridized carbons (Fsp3) is 0.667. The normalized spacial score (nSPS) is 26.3. The van der Waals surface area contributed by atoms with Crippen molar-refractivity contribution in [2.75, 3.05) is 19.6 Å². The topological polar surface area (TPSA) is 73.6 Å². The van der Waals surface area contributed by atoms with Crippen LogP contribution in [0.5, 0.6) is 0 Å². The Balaban J connectivity index is 1.14. The molecule has 1 aromatic heterocycles. The molecular formula is C33H50N4O2. The van der Waals surface area contributed by atoms with Crippen LogP contribution in [0.1, 0.15) is 87.6 Å². The van der Waals surface area contributed by atoms with Crippen LogP contribution in [0.4, 0.5) is 0 Å². The maximum atomic E-state index is 10.2. The monoisotopic (exact) mass is 534 g/mol. The van der Waals surface area contributed by atoms with Crippen molar-refractivity contribution >= 4 is 0 Å². The maximum Gasteiger partial charge on any atom is 0.167 e. The van der Waals surface area contributed by atoms with Crippen molar-refractivity contribution in [2.45, 2.75) is 102 Å². The van der Waals surface area contributed by atoms with Crippen LogP contribution in [0.2, 0.25) is 0 Å². The zero-order chi connectivity index (χ0) is 27.2. The van der Waals surface area contributed by atoms with Crippen molar-refractivity contribution in [1.29, 1.82) is 0 Å². The minimum Gasteiger partial charge on any atom is -0.367 e. The molecule has 2 saturated carbocycles. The first-order valence-electron chi connectivity index (χ1n) is 15.6. The first-order valence-corrected chi connectivity index (χ1v) is 15.6. The predicted molar refractivity (Wildman–Crippen MR) is 157 cm³/mol. The van der Waals surface area contributed by atoms with Crippen LogP contribution < -0.4 is 5.32 Å². The van der Waals surface area contributed by atoms with Crippen LogP contribution in [-0.4, -0.2) is 62.9 Å². The molecule has 3 fully saturated rings. The van der Waals surface area contributed by atoms with E-state index in [4.69, 9.17) is 5.10 Å². The number of aliphatic hydroxyl groups excluding tert-OH is 1. The molecule has 2 unspecified atom stereocenters. The number of rotatable bonds is 11. The smallest absolute Gasteiger partial charge is 0.167 e. The molecule has 3 N–H and O–H groups in total. The van der Waals surface area contributed by atoms with Gasteiger partial charge in [-0.1, -0.05) is 55.7 Å². The highest BCUT2D eigenvalue weighted by molar-refractivity contribution is 5.24. The molecule has 39 heavy (non-hydrogen) atoms. The van der Waals surface area contributed by atoms with Crippen molar-refractivity contribution in [3.63, 3.8) is 0 Å². The van der Waals surface area contributed by atoms with Gasteiger partial charge < -0.3 is 20.4 Å². The van der Waals surface area contributed by atoms with Gasteiger partial charge in [0.15, 0.2) is 6.29 Å². The zero-order valence-corrected chi connectivity index (χ0v) is 23.9. The molecule has 4 atom stereocenters. The number of aryl methyl sites for hydroxylation is 1. The second-order valence-electron chi connectivity index (χ2n) is 12.4. The summed E-state index contributed by atoms with van der Waals surface area (Å²) >= 11 is 0. The molecule has 6 nitrogen and oxygen atoms in total. The van der Waals surface area contributed by atoms with E-state index in [-0.39, 0.29) is 6.04 Å². The Labute approximate surface area is 235 Å². The van der Waals surface area contributed by atoms with Crippen LogP contribution in [-0.2, 0) is 13.0 Å². The minimum atomic E-state index is -1.28. The third-order valence-electron chi connectivity index (χ3n) is 9.85. The Morgan fingerprint density at radius 3 is 2.46 bits per heavy atom. The van der Waals surface area contributed by atoms with Crippen LogP contribution in [0, 0.1) is 17.8 Å². The lowest BCUT2D eigenvalue weighted by atomic mass is 9.83. The second-order valence-corrected chi connectivity index (χ2v) is 12.4. The Bertz CT molecular complexity index is 1020. The third-order valence-corrected chi connectivity index (χ3v) is 9.85. The largest absolute Gasteiger partial charge is 0.367 e. The standard InChI is InChI=1S/C33H50N4O2/c1-3-25-20-29(34-32(33(38)39)27-13-9-6-10-14-27)21-28(25)23-36-17-15-26(16-18-36)31-22-30(35-37(31)4-2)19-24-11-7-5-8-12-24/h3,5,7-8,11-12,22,25-29,32-34,38-39H,1,4,6,9-10,13-21,23H2,2H3/t25-,28+,29?,32?/m0/s1. The van der Waals surface area contributed by atoms with E-state index < -0.39 is 6.29 Å². The highest BCUT2D eigenvalue weighted by atomic mass is 16.5. The van der Waals surface area contributed by atoms with Gasteiger partial charge in [-0.25, -0.2) is 0 Å². The van der Waals surface area contributed by atoms with E-state index in [0.717, 1.165) is 58.3 Å². The molecule has 0 bridgehead atoms. The van der Waals surface area contributed by atoms with Crippen molar-refractivity contribution in [1.82, 2.24) is 20.0 Å². The fourth-order valence-corrected chi connectivity index (χ4v) is 7.73. The zero-order valence-electron chi connectivity index (χ0n) is 23.9. The molecule has 1 aliphatic heterocycles. The van der Waals surface area contributed by atoms with Crippen LogP contribution in [0.3, 0.4) is 0 Å². The van der Waals surface area contributed by atoms with Gasteiger partial charge in [-0.05, 0) is 87.9 Å². The molecule has 0 spiro atoms. The number of nitrogens with one attached hydrogen (secondary N) is 1. The molecule has 5 rings (SSSR count). The van der Waals surface area contributed by atoms with E-state index in [1.54, 1.807) is 0 Å². The first kappa shape index (κ1) is 28.5. The van der Waals surface area contributed by atoms with Crippen molar-refractivity contribution in [2.24, 2.45) is 17.8 Å². The number of hydrogen-bond acceptors (Lipinski definition) is 5. The third kappa shape index (κ3) is 7.21. The highest BCUT2D eigenvalue weighted by Gasteiger charge is 2.38. The van der Waals surface area contributed by atoms with Gasteiger partial charge in [0, 0.05) is 37.2 Å². The molecule has 214 valence electrons. The number of nitrogens with zero attached hydrogens (tertiary/aromatic N) is 3. The lowest BCUT2D eigenvalue weighted by molar-refractivity contribution is -0.0870. The number of piperidine rings is 1. The summed E-state index contributed by atoms with van der Waals surface area (Å²) in [5, 5.41) is 29.0. The van der Waals surface area contributed by atoms with E-state index in [2.05, 4.69) is 70.9 Å². The van der Waals surface area contributed by atoms with E-state index >= 15 is 0 Å². The summed E-state index contributed by atoms with van der Waals surface area (Å²) in [6, 6.07) is 13.1. The van der Waals surface area contributed by atoms with Gasteiger partial charge in [0.1, 0.15) is 0 Å². The van der Waals surface area contributed by atoms with E-state index in [0.29, 0.717) is 29.7 Å². The van der Waals surface area contributed by atoms with E-state index in [1.165, 1.54) is 49.1 Å². The summed E-state index contributed by atoms with van der Waals surface area (Å²) in [4.78, 5) is 2.66. The lowest BCUT2D eigenvalue weighted by Crippen LogP contribution is -2.50. The highest BCUT2D eigenvalue weighted by Crippen LogP contribution is 2.37. The minimum absolute atomic E-state index is 0.203. The Morgan fingerprint density at radius 2 is 1.79 bits per heavy atom. The molecule has 1 aromatic carbocycles. The van der Waals surface area contributed by atoms with Gasteiger partial charge in [0.2, 0.25) is 0 Å². The van der Waals surface area contributed by atoms with Crippen LogP contribution in [0.15, 0.2) is 49.1 Å². The molecule has 0 radical (unpaired) electrons. The Morgan fingerprint density at radius 1 is 1.05 bits per heavy atom. The molecule has 0 amide bonds. The average Bonchev–Trinajstić information content (AvgIpc) is 3.56. The summed E-state index contributed by atoms with van der Waals surface area (Å²) in [6.07, 6.45) is 12.2. The van der Waals surface area contributed by atoms with Crippen molar-refractivity contribution < 1.29 is 10.2 Å². The molecule has 1 saturated heterocycles. The molecule has 2 aliphatic carbocycles. The van der Waals surface area contributed by atoms with Gasteiger partial charge in [-0.3, -0.25) is 4.68 Å². The summed E-state index contributed by atoms with van der Waals surface area (Å²) in [5.74, 6) is 2.03. The van der Waals surface area contributed by atoms with E-state index in [1.807, 2.05) is 0 Å². The molecule has 2 aromatic rings. The number of aliphatic hydroxyl groups is 2. The van der Waals surface area contributed by atoms with E-state index in [9.17, 15) is 10.2 Å². The number of aromatic nitrogens is 2. The van der Waals surface area contributed by atoms with Gasteiger partial charge in [-0.2, -0.15) is 5.10 Å². The summed E-state index contributed by atoms with van der Waals surface area (Å²) < 4.78 is 2.23. The molecule has 6 heteroatoms. The van der Waals surface area contributed by atoms with Gasteiger partial charge in [-0.15, -0.1) is 6.58 Å². The fourth-order valence-electron chi connectivity index (χ4n) is 7.73. The first-order chi connectivity index (χ1) is 19.0. The summed E-state index contributed by atoms with van der Waals surface area (Å²) in [6.45, 7) is 10.7. The number of hydrogen-bond donors (Lipinski definition) is 3. The van der Waals surface area contributed by atoms with Crippen LogP contribution >= 0.6 is 0 Å². The summed E-state index contributed by atoms with van der Waals surface area (Å²) in [5.41, 5.74) is 3.91. The summed E-state index contributed by atoms with van der Waals surface area (Å²) in [7, 11) is 0. The van der Waals surface area contributed by atoms with Crippen molar-refractivity contribution in [3.8, 4) is 0 Å². The molecule has 3 aliphatic rings. The van der Waals surface area contributed by atoms with Crippen LogP contribution in [0.25, 0.3) is 0 Å². The lowest BCUT2D eigenvalue weighted by Gasteiger charge is -2.35. The quantitative estimate of drug-likeness (QED) is 0.276. The SMILES string of the molecule is C=C[C@H]1CC(NC(C(O)O)C2CCCCC2)C[C@@H]1CN1CCC(c2cc(Cc3ccccc3)nn2CC)CC1. The second kappa shape index (κ2) is 13.6. The maximum absolute atomic E-state index is 10.2. The Hall–Kier alpha value is -1.99. The van der Waals surface area contributed by atoms with Gasteiger partial charge >= 0.3 is 0 Å². The average molecular weight is 535 g/mol.